The van der Waals surface area contributed by atoms with Crippen LogP contribution in [-0.2, 0) is 0 Å². The van der Waals surface area contributed by atoms with Gasteiger partial charge < -0.3 is 42.7 Å². The Morgan fingerprint density at radius 3 is 0.600 bits per heavy atom. The van der Waals surface area contributed by atoms with E-state index in [-0.39, 0.29) is 62.5 Å². The van der Waals surface area contributed by atoms with Gasteiger partial charge in [0.25, 0.3) is 0 Å². The van der Waals surface area contributed by atoms with Gasteiger partial charge in [0.15, 0.2) is 0 Å². The molecule has 5 heteroatoms. The van der Waals surface area contributed by atoms with Crippen molar-refractivity contribution in [3.05, 3.63) is 0 Å². The van der Waals surface area contributed by atoms with Crippen LogP contribution in [0.2, 0.25) is 0 Å². The summed E-state index contributed by atoms with van der Waals surface area (Å²) in [6.45, 7) is 0. The third kappa shape index (κ3) is 30.5. The Morgan fingerprint density at radius 2 is 0.600 bits per heavy atom. The van der Waals surface area contributed by atoms with Crippen LogP contribution in [0.3, 0.4) is 0 Å². The molecule has 2 N–H and O–H groups in total. The van der Waals surface area contributed by atoms with Gasteiger partial charge in [-0.1, -0.05) is 0 Å². The molecule has 0 bridgehead atoms. The summed E-state index contributed by atoms with van der Waals surface area (Å²) >= 11 is 0. The van der Waals surface area contributed by atoms with Crippen molar-refractivity contribution < 1.29 is 42.7 Å². The van der Waals surface area contributed by atoms with Crippen LogP contribution in [0.1, 0.15) is 0 Å². The standard InChI is InChI=1S/3ClH.Ga.H2O/h3*1H;;1H2/q;;;+3;/p-3. The molecule has 0 atom stereocenters. The summed E-state index contributed by atoms with van der Waals surface area (Å²) in [6.07, 6.45) is 0. The van der Waals surface area contributed by atoms with Gasteiger partial charge in [0, 0.05) is 0 Å². The molecule has 0 unspecified atom stereocenters. The fourth-order valence-electron chi connectivity index (χ4n) is 0. The second kappa shape index (κ2) is 50.7. The smallest absolute Gasteiger partial charge is 1.00 e. The van der Waals surface area contributed by atoms with Gasteiger partial charge in [-0.3, -0.25) is 0 Å². The topological polar surface area (TPSA) is 31.5 Å². The third-order valence-corrected chi connectivity index (χ3v) is 0. The monoisotopic (exact) mass is 192 g/mol. The zero-order valence-corrected chi connectivity index (χ0v) is 6.90. The molecule has 0 aliphatic rings. The van der Waals surface area contributed by atoms with E-state index >= 15 is 0 Å². The van der Waals surface area contributed by atoms with E-state index in [1.54, 1.807) is 0 Å². The number of hydrogen-bond acceptors (Lipinski definition) is 0. The molecular formula is H2Cl3GaO. The SMILES string of the molecule is O.[Cl-].[Cl-].[Cl-].[Ga+3]. The molecule has 0 saturated heterocycles. The number of hydrogen-bond donors (Lipinski definition) is 0. The van der Waals surface area contributed by atoms with E-state index in [4.69, 9.17) is 0 Å². The molecule has 0 aromatic carbocycles. The fraction of sp³-hybridized carbons (Fsp3) is 0. The van der Waals surface area contributed by atoms with E-state index in [0.29, 0.717) is 0 Å². The van der Waals surface area contributed by atoms with Gasteiger partial charge in [0.05, 0.1) is 0 Å². The Hall–Kier alpha value is 1.47. The zero-order valence-electron chi connectivity index (χ0n) is 2.21. The van der Waals surface area contributed by atoms with E-state index in [9.17, 15) is 0 Å². The van der Waals surface area contributed by atoms with Gasteiger partial charge in [0.1, 0.15) is 0 Å². The minimum absolute atomic E-state index is 0. The summed E-state index contributed by atoms with van der Waals surface area (Å²) < 4.78 is 0. The van der Waals surface area contributed by atoms with E-state index in [0.717, 1.165) is 0 Å². The maximum atomic E-state index is 0. The van der Waals surface area contributed by atoms with Crippen LogP contribution in [0.15, 0.2) is 0 Å². The van der Waals surface area contributed by atoms with Gasteiger partial charge in [-0.15, -0.1) is 0 Å². The third-order valence-electron chi connectivity index (χ3n) is 0. The van der Waals surface area contributed by atoms with Crippen molar-refractivity contribution in [3.8, 4) is 0 Å². The van der Waals surface area contributed by atoms with Crippen LogP contribution in [0.4, 0.5) is 0 Å². The summed E-state index contributed by atoms with van der Waals surface area (Å²) in [5.74, 6) is 0. The largest absolute Gasteiger partial charge is 3.00 e. The van der Waals surface area contributed by atoms with E-state index in [1.165, 1.54) is 0 Å². The van der Waals surface area contributed by atoms with Crippen LogP contribution in [-0.4, -0.2) is 25.3 Å². The Morgan fingerprint density at radius 1 is 0.600 bits per heavy atom. The second-order valence-electron chi connectivity index (χ2n) is 0. The van der Waals surface area contributed by atoms with Gasteiger partial charge >= 0.3 is 19.8 Å². The van der Waals surface area contributed by atoms with Crippen molar-refractivity contribution in [2.75, 3.05) is 0 Å². The van der Waals surface area contributed by atoms with Crippen LogP contribution in [0.25, 0.3) is 0 Å². The Labute approximate surface area is 62.5 Å². The van der Waals surface area contributed by atoms with Crippen molar-refractivity contribution in [2.45, 2.75) is 0 Å². The van der Waals surface area contributed by atoms with Crippen LogP contribution < -0.4 is 37.2 Å². The second-order valence-corrected chi connectivity index (χ2v) is 0. The van der Waals surface area contributed by atoms with E-state index in [1.807, 2.05) is 0 Å². The average Bonchev–Trinajstić information content (AvgIpc) is 0. The molecule has 0 aromatic rings. The Balaban J connectivity index is 0. The first kappa shape index (κ1) is 89.9. The summed E-state index contributed by atoms with van der Waals surface area (Å²) in [4.78, 5) is 0. The fourth-order valence-corrected chi connectivity index (χ4v) is 0. The van der Waals surface area contributed by atoms with E-state index < -0.39 is 0 Å². The summed E-state index contributed by atoms with van der Waals surface area (Å²) in [5, 5.41) is 0. The van der Waals surface area contributed by atoms with Crippen LogP contribution >= 0.6 is 0 Å². The molecule has 32 valence electrons. The van der Waals surface area contributed by atoms with Gasteiger partial charge in [-0.2, -0.15) is 0 Å². The minimum atomic E-state index is 0. The molecule has 0 saturated carbocycles. The van der Waals surface area contributed by atoms with Crippen LogP contribution in [0.5, 0.6) is 0 Å². The summed E-state index contributed by atoms with van der Waals surface area (Å²) in [5.41, 5.74) is 0. The van der Waals surface area contributed by atoms with Gasteiger partial charge in [0.2, 0.25) is 0 Å². The Bertz CT molecular complexity index is 6.85. The van der Waals surface area contributed by atoms with Gasteiger partial charge in [-0.25, -0.2) is 0 Å². The minimum Gasteiger partial charge on any atom is -1.00 e. The molecule has 1 nitrogen and oxygen atoms in total. The molecular weight excluding hydrogens is 192 g/mol. The first-order valence-electron chi connectivity index (χ1n) is 0. The molecule has 0 fully saturated rings. The van der Waals surface area contributed by atoms with Crippen molar-refractivity contribution in [1.82, 2.24) is 0 Å². The Kier molecular flexibility index (Phi) is 911. The van der Waals surface area contributed by atoms with E-state index in [2.05, 4.69) is 0 Å². The van der Waals surface area contributed by atoms with Crippen molar-refractivity contribution in [1.29, 1.82) is 0 Å². The maximum absolute atomic E-state index is 0. The summed E-state index contributed by atoms with van der Waals surface area (Å²) in [6, 6.07) is 0. The normalized spacial score (nSPS) is 0. The first-order valence-corrected chi connectivity index (χ1v) is 0. The van der Waals surface area contributed by atoms with Crippen molar-refractivity contribution in [2.24, 2.45) is 0 Å². The molecule has 5 heavy (non-hydrogen) atoms. The molecule has 0 aromatic heterocycles. The maximum Gasteiger partial charge on any atom is 3.00 e. The number of rotatable bonds is 0. The molecule has 0 amide bonds. The predicted octanol–water partition coefficient (Wildman–Crippen LogP) is -10.2. The van der Waals surface area contributed by atoms with Crippen molar-refractivity contribution in [3.63, 3.8) is 0 Å². The van der Waals surface area contributed by atoms with Crippen molar-refractivity contribution >= 4 is 19.8 Å². The molecule has 0 radical (unpaired) electrons. The first-order chi connectivity index (χ1) is 0. The van der Waals surface area contributed by atoms with Gasteiger partial charge in [-0.05, 0) is 0 Å². The molecule has 0 rings (SSSR count). The van der Waals surface area contributed by atoms with Crippen LogP contribution in [0, 0.1) is 0 Å². The molecule has 0 aliphatic carbocycles. The average molecular weight is 194 g/mol. The predicted molar refractivity (Wildman–Crippen MR) is 9.37 cm³/mol. The quantitative estimate of drug-likeness (QED) is 0.343. The number of halogens is 3. The summed E-state index contributed by atoms with van der Waals surface area (Å²) in [7, 11) is 0. The molecule has 0 heterocycles. The molecule has 0 spiro atoms. The molecule has 0 aliphatic heterocycles. The zero-order chi connectivity index (χ0) is 0.